The van der Waals surface area contributed by atoms with Crippen LogP contribution in [0.5, 0.6) is 0 Å². The minimum atomic E-state index is 0.187. The molecule has 110 valence electrons. The van der Waals surface area contributed by atoms with Crippen LogP contribution in [0.3, 0.4) is 0 Å². The molecule has 1 atom stereocenters. The fourth-order valence-electron chi connectivity index (χ4n) is 3.09. The maximum absolute atomic E-state index is 12.7. The molecular weight excluding hydrogens is 248 g/mol. The van der Waals surface area contributed by atoms with Gasteiger partial charge in [-0.3, -0.25) is 4.79 Å². The monoisotopic (exact) mass is 274 g/mol. The van der Waals surface area contributed by atoms with Crippen molar-refractivity contribution >= 4 is 11.6 Å². The fourth-order valence-corrected chi connectivity index (χ4v) is 3.09. The van der Waals surface area contributed by atoms with Crippen LogP contribution in [0, 0.1) is 12.8 Å². The van der Waals surface area contributed by atoms with E-state index in [1.54, 1.807) is 0 Å². The summed E-state index contributed by atoms with van der Waals surface area (Å²) >= 11 is 0. The lowest BCUT2D eigenvalue weighted by Gasteiger charge is -2.28. The molecule has 1 N–H and O–H groups in total. The molecule has 1 aliphatic heterocycles. The molecule has 1 fully saturated rings. The van der Waals surface area contributed by atoms with E-state index in [4.69, 9.17) is 0 Å². The predicted octanol–water partition coefficient (Wildman–Crippen LogP) is 3.69. The van der Waals surface area contributed by atoms with Crippen LogP contribution in [-0.4, -0.2) is 29.9 Å². The molecule has 2 rings (SSSR count). The van der Waals surface area contributed by atoms with E-state index in [0.717, 1.165) is 42.7 Å². The van der Waals surface area contributed by atoms with Crippen molar-refractivity contribution in [1.29, 1.82) is 0 Å². The summed E-state index contributed by atoms with van der Waals surface area (Å²) < 4.78 is 0. The summed E-state index contributed by atoms with van der Waals surface area (Å²) in [5.74, 6) is 0.718. The van der Waals surface area contributed by atoms with Crippen molar-refractivity contribution in [3.8, 4) is 0 Å². The van der Waals surface area contributed by atoms with Crippen molar-refractivity contribution in [3.63, 3.8) is 0 Å². The summed E-state index contributed by atoms with van der Waals surface area (Å²) in [6.07, 6.45) is 2.26. The molecule has 0 spiro atoms. The van der Waals surface area contributed by atoms with Crippen molar-refractivity contribution < 1.29 is 4.79 Å². The number of hydrogen-bond donors (Lipinski definition) is 1. The zero-order chi connectivity index (χ0) is 14.7. The second-order valence-electron chi connectivity index (χ2n) is 6.01. The molecule has 3 nitrogen and oxygen atoms in total. The van der Waals surface area contributed by atoms with Gasteiger partial charge in [-0.2, -0.15) is 0 Å². The second kappa shape index (κ2) is 6.29. The highest BCUT2D eigenvalue weighted by Gasteiger charge is 2.31. The molecule has 1 aromatic carbocycles. The summed E-state index contributed by atoms with van der Waals surface area (Å²) in [5.41, 5.74) is 3.07. The molecule has 0 radical (unpaired) electrons. The maximum atomic E-state index is 12.7. The van der Waals surface area contributed by atoms with Gasteiger partial charge in [0.25, 0.3) is 5.91 Å². The number of likely N-dealkylation sites (tertiary alicyclic amines) is 1. The van der Waals surface area contributed by atoms with Crippen LogP contribution < -0.4 is 5.32 Å². The lowest BCUT2D eigenvalue weighted by Crippen LogP contribution is -2.38. The zero-order valence-corrected chi connectivity index (χ0v) is 13.1. The number of benzene rings is 1. The first kappa shape index (κ1) is 14.9. The lowest BCUT2D eigenvalue weighted by atomic mass is 10.0. The number of aryl methyl sites for hydroxylation is 1. The van der Waals surface area contributed by atoms with Crippen molar-refractivity contribution in [1.82, 2.24) is 4.90 Å². The van der Waals surface area contributed by atoms with Gasteiger partial charge in [0.05, 0.1) is 0 Å². The van der Waals surface area contributed by atoms with Crippen LogP contribution in [0.4, 0.5) is 5.69 Å². The Balaban J connectivity index is 2.19. The number of nitrogens with one attached hydrogen (secondary N) is 1. The number of hydrogen-bond acceptors (Lipinski definition) is 2. The van der Waals surface area contributed by atoms with E-state index in [9.17, 15) is 4.79 Å². The molecule has 0 saturated carbocycles. The van der Waals surface area contributed by atoms with Crippen molar-refractivity contribution in [3.05, 3.63) is 29.3 Å². The standard InChI is InChI=1S/C17H26N2O/c1-5-18-15-9-8-14(11-13(15)4)17(20)19-10-6-7-16(19)12(2)3/h8-9,11-12,16,18H,5-7,10H2,1-4H3. The molecule has 0 aromatic heterocycles. The van der Waals surface area contributed by atoms with E-state index in [-0.39, 0.29) is 5.91 Å². The number of anilines is 1. The quantitative estimate of drug-likeness (QED) is 0.908. The van der Waals surface area contributed by atoms with E-state index >= 15 is 0 Å². The third-order valence-corrected chi connectivity index (χ3v) is 4.17. The van der Waals surface area contributed by atoms with Gasteiger partial charge in [-0.1, -0.05) is 13.8 Å². The van der Waals surface area contributed by atoms with Gasteiger partial charge in [0.2, 0.25) is 0 Å². The molecular formula is C17H26N2O. The Morgan fingerprint density at radius 2 is 2.20 bits per heavy atom. The zero-order valence-electron chi connectivity index (χ0n) is 13.1. The van der Waals surface area contributed by atoms with Gasteiger partial charge >= 0.3 is 0 Å². The predicted molar refractivity (Wildman–Crippen MR) is 84.2 cm³/mol. The average molecular weight is 274 g/mol. The molecule has 1 aliphatic rings. The topological polar surface area (TPSA) is 32.3 Å². The average Bonchev–Trinajstić information content (AvgIpc) is 2.90. The van der Waals surface area contributed by atoms with Gasteiger partial charge in [0.15, 0.2) is 0 Å². The Labute approximate surface area is 122 Å². The van der Waals surface area contributed by atoms with E-state index in [2.05, 4.69) is 37.9 Å². The number of amides is 1. The van der Waals surface area contributed by atoms with Crippen LogP contribution in [0.15, 0.2) is 18.2 Å². The molecule has 1 heterocycles. The first-order chi connectivity index (χ1) is 9.54. The van der Waals surface area contributed by atoms with Gasteiger partial charge in [-0.15, -0.1) is 0 Å². The smallest absolute Gasteiger partial charge is 0.254 e. The van der Waals surface area contributed by atoms with Gasteiger partial charge < -0.3 is 10.2 Å². The Hall–Kier alpha value is -1.51. The van der Waals surface area contributed by atoms with Gasteiger partial charge in [-0.05, 0) is 56.4 Å². The number of nitrogens with zero attached hydrogens (tertiary/aromatic N) is 1. The van der Waals surface area contributed by atoms with E-state index in [1.165, 1.54) is 0 Å². The highest BCUT2D eigenvalue weighted by atomic mass is 16.2. The van der Waals surface area contributed by atoms with Crippen molar-refractivity contribution in [2.75, 3.05) is 18.4 Å². The molecule has 0 bridgehead atoms. The van der Waals surface area contributed by atoms with Crippen LogP contribution >= 0.6 is 0 Å². The summed E-state index contributed by atoms with van der Waals surface area (Å²) in [4.78, 5) is 14.8. The first-order valence-electron chi connectivity index (χ1n) is 7.70. The number of carbonyl (C=O) groups is 1. The van der Waals surface area contributed by atoms with E-state index in [1.807, 2.05) is 18.2 Å². The van der Waals surface area contributed by atoms with Crippen molar-refractivity contribution in [2.24, 2.45) is 5.92 Å². The van der Waals surface area contributed by atoms with Crippen LogP contribution in [0.25, 0.3) is 0 Å². The first-order valence-corrected chi connectivity index (χ1v) is 7.70. The molecule has 1 amide bonds. The lowest BCUT2D eigenvalue weighted by molar-refractivity contribution is 0.0701. The third-order valence-electron chi connectivity index (χ3n) is 4.17. The highest BCUT2D eigenvalue weighted by molar-refractivity contribution is 5.95. The van der Waals surface area contributed by atoms with E-state index in [0.29, 0.717) is 12.0 Å². The Bertz CT molecular complexity index is 482. The Morgan fingerprint density at radius 1 is 1.45 bits per heavy atom. The highest BCUT2D eigenvalue weighted by Crippen LogP contribution is 2.26. The fraction of sp³-hybridized carbons (Fsp3) is 0.588. The van der Waals surface area contributed by atoms with Crippen LogP contribution in [0.1, 0.15) is 49.5 Å². The summed E-state index contributed by atoms with van der Waals surface area (Å²) in [5, 5.41) is 3.31. The van der Waals surface area contributed by atoms with Gasteiger partial charge in [0, 0.05) is 30.4 Å². The molecule has 0 aliphatic carbocycles. The van der Waals surface area contributed by atoms with Crippen LogP contribution in [-0.2, 0) is 0 Å². The third kappa shape index (κ3) is 2.97. The summed E-state index contributed by atoms with van der Waals surface area (Å²) in [6.45, 7) is 10.3. The minimum Gasteiger partial charge on any atom is -0.385 e. The molecule has 1 unspecified atom stereocenters. The van der Waals surface area contributed by atoms with E-state index < -0.39 is 0 Å². The normalized spacial score (nSPS) is 18.6. The van der Waals surface area contributed by atoms with Crippen molar-refractivity contribution in [2.45, 2.75) is 46.6 Å². The van der Waals surface area contributed by atoms with Crippen LogP contribution in [0.2, 0.25) is 0 Å². The molecule has 1 saturated heterocycles. The SMILES string of the molecule is CCNc1ccc(C(=O)N2CCCC2C(C)C)cc1C. The number of carbonyl (C=O) groups excluding carboxylic acids is 1. The van der Waals surface area contributed by atoms with Gasteiger partial charge in [0.1, 0.15) is 0 Å². The van der Waals surface area contributed by atoms with Gasteiger partial charge in [-0.25, -0.2) is 0 Å². The summed E-state index contributed by atoms with van der Waals surface area (Å²) in [6, 6.07) is 6.38. The second-order valence-corrected chi connectivity index (χ2v) is 6.01. The Morgan fingerprint density at radius 3 is 2.80 bits per heavy atom. The Kier molecular flexibility index (Phi) is 4.69. The molecule has 20 heavy (non-hydrogen) atoms. The minimum absolute atomic E-state index is 0.187. The molecule has 1 aromatic rings. The summed E-state index contributed by atoms with van der Waals surface area (Å²) in [7, 11) is 0. The number of rotatable bonds is 4. The largest absolute Gasteiger partial charge is 0.385 e. The maximum Gasteiger partial charge on any atom is 0.254 e. The molecule has 3 heteroatoms.